The van der Waals surface area contributed by atoms with Gasteiger partial charge in [-0.3, -0.25) is 19.2 Å². The topological polar surface area (TPSA) is 107 Å². The number of phenols is 1. The molecule has 0 saturated carbocycles. The maximum atomic E-state index is 13.3. The first-order chi connectivity index (χ1) is 13.3. The first kappa shape index (κ1) is 17.9. The van der Waals surface area contributed by atoms with Crippen molar-refractivity contribution >= 4 is 34.1 Å². The first-order valence-electron chi connectivity index (χ1n) is 8.72. The summed E-state index contributed by atoms with van der Waals surface area (Å²) in [5.41, 5.74) is -0.274. The molecule has 2 unspecified atom stereocenters. The zero-order valence-corrected chi connectivity index (χ0v) is 15.1. The number of esters is 1. The van der Waals surface area contributed by atoms with Gasteiger partial charge in [0.15, 0.2) is 29.2 Å². The molecule has 1 heterocycles. The minimum absolute atomic E-state index is 0.0122. The van der Waals surface area contributed by atoms with Gasteiger partial charge in [-0.05, 0) is 6.92 Å². The molecule has 0 radical (unpaired) electrons. The van der Waals surface area contributed by atoms with E-state index in [9.17, 15) is 24.3 Å². The van der Waals surface area contributed by atoms with Crippen molar-refractivity contribution in [1.82, 2.24) is 0 Å². The second-order valence-corrected chi connectivity index (χ2v) is 6.86. The van der Waals surface area contributed by atoms with E-state index in [0.717, 1.165) is 6.26 Å². The van der Waals surface area contributed by atoms with Gasteiger partial charge in [0, 0.05) is 29.7 Å². The van der Waals surface area contributed by atoms with Gasteiger partial charge in [0.25, 0.3) is 0 Å². The molecular weight excluding hydrogens is 364 g/mol. The van der Waals surface area contributed by atoms with Crippen molar-refractivity contribution in [3.05, 3.63) is 47.2 Å². The highest BCUT2D eigenvalue weighted by atomic mass is 16.5. The number of Topliss-reactive ketones (excluding diaryl/α,β-unsaturated/α-hetero) is 3. The standard InChI is InChI=1S/C21H16O7/c1-9(22)15-7-13-14(8-27-15)20(26)16-17(19(13)25)21(28-10(2)23)12-6-4-3-5-11(12)18(16)24/h3-6,8,13,15,24H,7H2,1-2H3. The van der Waals surface area contributed by atoms with Gasteiger partial charge in [-0.15, -0.1) is 0 Å². The number of benzene rings is 2. The molecule has 2 aromatic carbocycles. The minimum atomic E-state index is -0.905. The van der Waals surface area contributed by atoms with Crippen molar-refractivity contribution in [2.24, 2.45) is 5.92 Å². The summed E-state index contributed by atoms with van der Waals surface area (Å²) in [5, 5.41) is 11.4. The second-order valence-electron chi connectivity index (χ2n) is 6.86. The van der Waals surface area contributed by atoms with Gasteiger partial charge in [-0.2, -0.15) is 0 Å². The van der Waals surface area contributed by atoms with E-state index in [1.807, 2.05) is 0 Å². The van der Waals surface area contributed by atoms with E-state index in [0.29, 0.717) is 5.39 Å². The van der Waals surface area contributed by atoms with Gasteiger partial charge >= 0.3 is 5.97 Å². The lowest BCUT2D eigenvalue weighted by Crippen LogP contribution is -2.38. The average Bonchev–Trinajstić information content (AvgIpc) is 2.67. The number of carbonyl (C=O) groups is 4. The number of allylic oxidation sites excluding steroid dienone is 1. The van der Waals surface area contributed by atoms with Gasteiger partial charge in [-0.1, -0.05) is 24.3 Å². The van der Waals surface area contributed by atoms with Crippen LogP contribution in [0.3, 0.4) is 0 Å². The maximum absolute atomic E-state index is 13.3. The fourth-order valence-corrected chi connectivity index (χ4v) is 3.77. The molecule has 0 saturated heterocycles. The van der Waals surface area contributed by atoms with Crippen LogP contribution in [-0.2, 0) is 14.3 Å². The van der Waals surface area contributed by atoms with Gasteiger partial charge in [0.05, 0.1) is 23.3 Å². The number of rotatable bonds is 2. The van der Waals surface area contributed by atoms with Crippen LogP contribution in [0.4, 0.5) is 0 Å². The summed E-state index contributed by atoms with van der Waals surface area (Å²) in [6.45, 7) is 2.53. The number of aromatic hydroxyl groups is 1. The first-order valence-corrected chi connectivity index (χ1v) is 8.72. The molecule has 1 aliphatic heterocycles. The molecule has 2 aliphatic rings. The van der Waals surface area contributed by atoms with Crippen LogP contribution in [0.15, 0.2) is 36.1 Å². The van der Waals surface area contributed by atoms with Crippen molar-refractivity contribution < 1.29 is 33.8 Å². The molecule has 7 heteroatoms. The Kier molecular flexibility index (Phi) is 4.03. The van der Waals surface area contributed by atoms with Crippen LogP contribution in [0.2, 0.25) is 0 Å². The van der Waals surface area contributed by atoms with Gasteiger partial charge in [-0.25, -0.2) is 0 Å². The smallest absolute Gasteiger partial charge is 0.308 e. The number of fused-ring (bicyclic) bond motifs is 3. The third-order valence-corrected chi connectivity index (χ3v) is 5.08. The predicted molar refractivity (Wildman–Crippen MR) is 97.3 cm³/mol. The molecule has 0 amide bonds. The Balaban J connectivity index is 2.03. The summed E-state index contributed by atoms with van der Waals surface area (Å²) in [6, 6.07) is 6.49. The lowest BCUT2D eigenvalue weighted by atomic mass is 9.73. The zero-order chi connectivity index (χ0) is 20.2. The van der Waals surface area contributed by atoms with E-state index in [1.165, 1.54) is 13.8 Å². The van der Waals surface area contributed by atoms with Crippen molar-refractivity contribution in [3.63, 3.8) is 0 Å². The van der Waals surface area contributed by atoms with Crippen molar-refractivity contribution in [2.75, 3.05) is 0 Å². The van der Waals surface area contributed by atoms with Crippen LogP contribution in [0, 0.1) is 5.92 Å². The fraction of sp³-hybridized carbons (Fsp3) is 0.238. The monoisotopic (exact) mass is 380 g/mol. The van der Waals surface area contributed by atoms with Gasteiger partial charge in [0.1, 0.15) is 5.75 Å². The lowest BCUT2D eigenvalue weighted by Gasteiger charge is -2.32. The summed E-state index contributed by atoms with van der Waals surface area (Å²) >= 11 is 0. The number of phenolic OH excluding ortho intramolecular Hbond substituents is 1. The summed E-state index contributed by atoms with van der Waals surface area (Å²) in [4.78, 5) is 49.8. The maximum Gasteiger partial charge on any atom is 0.308 e. The third kappa shape index (κ3) is 2.51. The number of ketones is 3. The molecule has 2 aromatic rings. The normalized spacial score (nSPS) is 20.7. The van der Waals surface area contributed by atoms with Crippen LogP contribution < -0.4 is 4.74 Å². The third-order valence-electron chi connectivity index (χ3n) is 5.08. The number of ether oxygens (including phenoxy) is 2. The van der Waals surface area contributed by atoms with Gasteiger partial charge < -0.3 is 14.6 Å². The molecule has 1 N–H and O–H groups in total. The molecule has 0 aromatic heterocycles. The Bertz CT molecular complexity index is 1110. The molecule has 0 spiro atoms. The highest BCUT2D eigenvalue weighted by Crippen LogP contribution is 2.47. The SMILES string of the molecule is CC(=O)Oc1c2c(c(O)c3ccccc13)C(=O)C1=COC(C(C)=O)CC1C2=O. The Morgan fingerprint density at radius 2 is 1.79 bits per heavy atom. The average molecular weight is 380 g/mol. The Morgan fingerprint density at radius 3 is 2.43 bits per heavy atom. The highest BCUT2D eigenvalue weighted by Gasteiger charge is 2.45. The van der Waals surface area contributed by atoms with Crippen molar-refractivity contribution in [1.29, 1.82) is 0 Å². The zero-order valence-electron chi connectivity index (χ0n) is 15.1. The molecule has 1 aliphatic carbocycles. The van der Waals surface area contributed by atoms with E-state index >= 15 is 0 Å². The van der Waals surface area contributed by atoms with E-state index < -0.39 is 29.6 Å². The number of carbonyl (C=O) groups excluding carboxylic acids is 4. The molecular formula is C21H16O7. The van der Waals surface area contributed by atoms with Crippen LogP contribution in [0.25, 0.3) is 10.8 Å². The lowest BCUT2D eigenvalue weighted by molar-refractivity contribution is -0.131. The van der Waals surface area contributed by atoms with E-state index in [2.05, 4.69) is 0 Å². The summed E-state index contributed by atoms with van der Waals surface area (Å²) < 4.78 is 10.6. The molecule has 0 fully saturated rings. The van der Waals surface area contributed by atoms with E-state index in [1.54, 1.807) is 24.3 Å². The van der Waals surface area contributed by atoms with E-state index in [4.69, 9.17) is 9.47 Å². The van der Waals surface area contributed by atoms with Crippen molar-refractivity contribution in [3.8, 4) is 11.5 Å². The minimum Gasteiger partial charge on any atom is -0.506 e. The van der Waals surface area contributed by atoms with Crippen LogP contribution in [0.1, 0.15) is 41.0 Å². The van der Waals surface area contributed by atoms with Gasteiger partial charge in [0.2, 0.25) is 0 Å². The molecule has 0 bridgehead atoms. The molecule has 4 rings (SSSR count). The molecule has 2 atom stereocenters. The number of hydrogen-bond acceptors (Lipinski definition) is 7. The fourth-order valence-electron chi connectivity index (χ4n) is 3.77. The largest absolute Gasteiger partial charge is 0.506 e. The van der Waals surface area contributed by atoms with Crippen LogP contribution in [-0.4, -0.2) is 34.5 Å². The number of hydrogen-bond donors (Lipinski definition) is 1. The highest BCUT2D eigenvalue weighted by molar-refractivity contribution is 6.28. The van der Waals surface area contributed by atoms with Crippen LogP contribution in [0.5, 0.6) is 11.5 Å². The Hall–Kier alpha value is -3.48. The Labute approximate surface area is 159 Å². The second kappa shape index (κ2) is 6.30. The quantitative estimate of drug-likeness (QED) is 0.630. The molecule has 7 nitrogen and oxygen atoms in total. The molecule has 142 valence electrons. The molecule has 28 heavy (non-hydrogen) atoms. The van der Waals surface area contributed by atoms with Crippen molar-refractivity contribution in [2.45, 2.75) is 26.4 Å². The van der Waals surface area contributed by atoms with Crippen LogP contribution >= 0.6 is 0 Å². The summed E-state index contributed by atoms with van der Waals surface area (Å²) in [5.74, 6) is -3.31. The summed E-state index contributed by atoms with van der Waals surface area (Å²) in [6.07, 6.45) is 0.306. The summed E-state index contributed by atoms with van der Waals surface area (Å²) in [7, 11) is 0. The predicted octanol–water partition coefficient (Wildman–Crippen LogP) is 2.73. The Morgan fingerprint density at radius 1 is 1.11 bits per heavy atom. The van der Waals surface area contributed by atoms with E-state index in [-0.39, 0.29) is 45.8 Å².